The van der Waals surface area contributed by atoms with Gasteiger partial charge in [0, 0.05) is 10.6 Å². The van der Waals surface area contributed by atoms with Gasteiger partial charge in [-0.1, -0.05) is 54.1 Å². The Morgan fingerprint density at radius 3 is 2.35 bits per heavy atom. The molecule has 1 N–H and O–H groups in total. The fourth-order valence-corrected chi connectivity index (χ4v) is 3.06. The van der Waals surface area contributed by atoms with E-state index in [0.717, 1.165) is 28.6 Å². The maximum Gasteiger partial charge on any atom is 0.150 e. The number of anilines is 1. The zero-order valence-electron chi connectivity index (χ0n) is 12.5. The van der Waals surface area contributed by atoms with Gasteiger partial charge < -0.3 is 10.1 Å². The van der Waals surface area contributed by atoms with E-state index in [1.165, 1.54) is 11.1 Å². The summed E-state index contributed by atoms with van der Waals surface area (Å²) >= 11 is 5.99. The third kappa shape index (κ3) is 2.90. The quantitative estimate of drug-likeness (QED) is 0.640. The molecule has 0 spiro atoms. The molecule has 1 heterocycles. The average Bonchev–Trinajstić information content (AvgIpc) is 2.73. The lowest BCUT2D eigenvalue weighted by Gasteiger charge is -2.19. The minimum absolute atomic E-state index is 0.149. The SMILES string of the molecule is Clc1ccc(C[C@H]2Nc3ccccc3Oc3ccccc32)cc1. The maximum absolute atomic E-state index is 6.11. The summed E-state index contributed by atoms with van der Waals surface area (Å²) in [5.74, 6) is 1.77. The molecule has 1 aliphatic heterocycles. The summed E-state index contributed by atoms with van der Waals surface area (Å²) in [6, 6.07) is 24.4. The largest absolute Gasteiger partial charge is 0.455 e. The van der Waals surface area contributed by atoms with Gasteiger partial charge in [-0.2, -0.15) is 0 Å². The summed E-state index contributed by atoms with van der Waals surface area (Å²) in [6.07, 6.45) is 0.867. The zero-order valence-corrected chi connectivity index (χ0v) is 13.3. The van der Waals surface area contributed by atoms with Crippen molar-refractivity contribution in [3.63, 3.8) is 0 Å². The average molecular weight is 322 g/mol. The van der Waals surface area contributed by atoms with Gasteiger partial charge >= 0.3 is 0 Å². The molecule has 0 unspecified atom stereocenters. The molecule has 114 valence electrons. The summed E-state index contributed by atoms with van der Waals surface area (Å²) in [4.78, 5) is 0. The first-order chi connectivity index (χ1) is 11.3. The Morgan fingerprint density at radius 1 is 0.826 bits per heavy atom. The van der Waals surface area contributed by atoms with Gasteiger partial charge in [0.15, 0.2) is 5.75 Å². The van der Waals surface area contributed by atoms with Gasteiger partial charge in [-0.25, -0.2) is 0 Å². The molecule has 0 radical (unpaired) electrons. The number of nitrogens with one attached hydrogen (secondary N) is 1. The van der Waals surface area contributed by atoms with Crippen LogP contribution in [0.2, 0.25) is 5.02 Å². The minimum Gasteiger partial charge on any atom is -0.455 e. The molecule has 1 atom stereocenters. The zero-order chi connectivity index (χ0) is 15.6. The van der Waals surface area contributed by atoms with E-state index in [2.05, 4.69) is 35.6 Å². The van der Waals surface area contributed by atoms with Crippen LogP contribution in [0, 0.1) is 0 Å². The minimum atomic E-state index is 0.149. The van der Waals surface area contributed by atoms with Gasteiger partial charge in [0.2, 0.25) is 0 Å². The summed E-state index contributed by atoms with van der Waals surface area (Å²) in [5.41, 5.74) is 3.42. The van der Waals surface area contributed by atoms with Crippen LogP contribution in [0.25, 0.3) is 0 Å². The molecule has 0 saturated heterocycles. The highest BCUT2D eigenvalue weighted by molar-refractivity contribution is 6.30. The molecule has 0 saturated carbocycles. The number of para-hydroxylation sites is 3. The topological polar surface area (TPSA) is 21.3 Å². The third-order valence-electron chi connectivity index (χ3n) is 4.08. The van der Waals surface area contributed by atoms with E-state index in [0.29, 0.717) is 0 Å². The first-order valence-electron chi connectivity index (χ1n) is 7.66. The Bertz CT molecular complexity index is 829. The van der Waals surface area contributed by atoms with Crippen LogP contribution >= 0.6 is 11.6 Å². The van der Waals surface area contributed by atoms with Crippen LogP contribution in [0.3, 0.4) is 0 Å². The van der Waals surface area contributed by atoms with E-state index >= 15 is 0 Å². The van der Waals surface area contributed by atoms with E-state index in [4.69, 9.17) is 16.3 Å². The number of fused-ring (bicyclic) bond motifs is 2. The van der Waals surface area contributed by atoms with Gasteiger partial charge in [0.05, 0.1) is 11.7 Å². The Labute approximate surface area is 140 Å². The molecule has 1 aliphatic rings. The van der Waals surface area contributed by atoms with Crippen LogP contribution in [-0.2, 0) is 6.42 Å². The summed E-state index contributed by atoms with van der Waals surface area (Å²) < 4.78 is 6.11. The van der Waals surface area contributed by atoms with Crippen LogP contribution in [0.5, 0.6) is 11.5 Å². The molecule has 0 amide bonds. The summed E-state index contributed by atoms with van der Waals surface area (Å²) in [7, 11) is 0. The number of hydrogen-bond acceptors (Lipinski definition) is 2. The number of ether oxygens (including phenoxy) is 1. The van der Waals surface area contributed by atoms with Crippen LogP contribution in [0.4, 0.5) is 5.69 Å². The van der Waals surface area contributed by atoms with Crippen molar-refractivity contribution in [1.82, 2.24) is 0 Å². The first-order valence-corrected chi connectivity index (χ1v) is 8.04. The van der Waals surface area contributed by atoms with E-state index < -0.39 is 0 Å². The molecule has 0 aliphatic carbocycles. The molecule has 3 aromatic rings. The van der Waals surface area contributed by atoms with Gasteiger partial charge in [-0.15, -0.1) is 0 Å². The fourth-order valence-electron chi connectivity index (χ4n) is 2.94. The second kappa shape index (κ2) is 5.98. The van der Waals surface area contributed by atoms with Crippen LogP contribution in [0.15, 0.2) is 72.8 Å². The maximum atomic E-state index is 6.11. The Kier molecular flexibility index (Phi) is 3.68. The smallest absolute Gasteiger partial charge is 0.150 e. The van der Waals surface area contributed by atoms with E-state index in [1.54, 1.807) is 0 Å². The van der Waals surface area contributed by atoms with Crippen LogP contribution in [0.1, 0.15) is 17.2 Å². The van der Waals surface area contributed by atoms with Crippen LogP contribution < -0.4 is 10.1 Å². The number of benzene rings is 3. The molecule has 0 bridgehead atoms. The summed E-state index contributed by atoms with van der Waals surface area (Å²) in [6.45, 7) is 0. The van der Waals surface area contributed by atoms with Crippen molar-refractivity contribution >= 4 is 17.3 Å². The molecule has 2 nitrogen and oxygen atoms in total. The first kappa shape index (κ1) is 14.2. The molecule has 4 rings (SSSR count). The van der Waals surface area contributed by atoms with Crippen molar-refractivity contribution < 1.29 is 4.74 Å². The van der Waals surface area contributed by atoms with Crippen molar-refractivity contribution in [3.05, 3.63) is 88.9 Å². The standard InChI is InChI=1S/C20H16ClNO/c21-15-11-9-14(10-12-15)13-18-16-5-1-3-7-19(16)23-20-8-4-2-6-17(20)22-18/h1-12,18,22H,13H2/t18-/m1/s1. The molecular formula is C20H16ClNO. The molecule has 23 heavy (non-hydrogen) atoms. The number of hydrogen-bond donors (Lipinski definition) is 1. The van der Waals surface area contributed by atoms with Gasteiger partial charge in [-0.05, 0) is 42.3 Å². The van der Waals surface area contributed by atoms with E-state index in [9.17, 15) is 0 Å². The Balaban J connectivity index is 1.74. The summed E-state index contributed by atoms with van der Waals surface area (Å²) in [5, 5.41) is 4.38. The highest BCUT2D eigenvalue weighted by Crippen LogP contribution is 2.40. The fraction of sp³-hybridized carbons (Fsp3) is 0.100. The highest BCUT2D eigenvalue weighted by atomic mass is 35.5. The third-order valence-corrected chi connectivity index (χ3v) is 4.34. The molecular weight excluding hydrogens is 306 g/mol. The van der Waals surface area contributed by atoms with E-state index in [1.807, 2.05) is 42.5 Å². The molecule has 3 aromatic carbocycles. The lowest BCUT2D eigenvalue weighted by molar-refractivity contribution is 0.481. The monoisotopic (exact) mass is 321 g/mol. The molecule has 0 aromatic heterocycles. The second-order valence-corrected chi connectivity index (χ2v) is 6.10. The van der Waals surface area contributed by atoms with Crippen molar-refractivity contribution in [2.45, 2.75) is 12.5 Å². The Hall–Kier alpha value is -2.45. The van der Waals surface area contributed by atoms with Crippen LogP contribution in [-0.4, -0.2) is 0 Å². The predicted octanol–water partition coefficient (Wildman–Crippen LogP) is 5.84. The van der Waals surface area contributed by atoms with Crippen molar-refractivity contribution in [1.29, 1.82) is 0 Å². The molecule has 3 heteroatoms. The van der Waals surface area contributed by atoms with Gasteiger partial charge in [0.1, 0.15) is 5.75 Å². The van der Waals surface area contributed by atoms with Gasteiger partial charge in [0.25, 0.3) is 0 Å². The van der Waals surface area contributed by atoms with Crippen molar-refractivity contribution in [2.75, 3.05) is 5.32 Å². The normalized spacial score (nSPS) is 15.6. The predicted molar refractivity (Wildman–Crippen MR) is 94.5 cm³/mol. The van der Waals surface area contributed by atoms with Crippen molar-refractivity contribution in [3.8, 4) is 11.5 Å². The highest BCUT2D eigenvalue weighted by Gasteiger charge is 2.22. The van der Waals surface area contributed by atoms with E-state index in [-0.39, 0.29) is 6.04 Å². The number of rotatable bonds is 2. The molecule has 0 fully saturated rings. The number of halogens is 1. The van der Waals surface area contributed by atoms with Gasteiger partial charge in [-0.3, -0.25) is 0 Å². The lowest BCUT2D eigenvalue weighted by atomic mass is 9.98. The van der Waals surface area contributed by atoms with Crippen molar-refractivity contribution in [2.24, 2.45) is 0 Å². The second-order valence-electron chi connectivity index (χ2n) is 5.66. The Morgan fingerprint density at radius 2 is 1.52 bits per heavy atom. The lowest BCUT2D eigenvalue weighted by Crippen LogP contribution is -2.12.